The number of hydrogen-bond acceptors (Lipinski definition) is 5. The molecule has 0 spiro atoms. The topological polar surface area (TPSA) is 24.9 Å². The van der Waals surface area contributed by atoms with Gasteiger partial charge in [-0.1, -0.05) is 0 Å². The Hall–Kier alpha value is -0.160. The van der Waals surface area contributed by atoms with Crippen LogP contribution in [0.1, 0.15) is 25.5 Å². The first kappa shape index (κ1) is 16.2. The molecule has 2 atom stereocenters. The predicted molar refractivity (Wildman–Crippen MR) is 88.7 cm³/mol. The van der Waals surface area contributed by atoms with Crippen molar-refractivity contribution in [2.45, 2.75) is 26.0 Å². The Bertz CT molecular complexity index is 476. The second-order valence-electron chi connectivity index (χ2n) is 5.35. The number of hydrogen-bond donors (Lipinski definition) is 1. The van der Waals surface area contributed by atoms with Gasteiger partial charge in [0.2, 0.25) is 0 Å². The Kier molecular flexibility index (Phi) is 4.51. The summed E-state index contributed by atoms with van der Waals surface area (Å²) >= 11 is 4.95. The standard InChI is InChI=1S/C14H25N2O2PS/c1-6-17-19(20,15(3)4)16(5)12(2)14(18-19)13-10-8-7-9-11-13/h7-12,14,20H,6H2,1-5H3/t12-,14+/m0/s1. The van der Waals surface area contributed by atoms with Gasteiger partial charge in [-0.25, -0.2) is 0 Å². The van der Waals surface area contributed by atoms with Crippen LogP contribution in [0.3, 0.4) is 0 Å². The van der Waals surface area contributed by atoms with Gasteiger partial charge < -0.3 is 0 Å². The Balaban J connectivity index is 2.44. The zero-order chi connectivity index (χ0) is 15.0. The molecule has 0 bridgehead atoms. The van der Waals surface area contributed by atoms with Crippen molar-refractivity contribution in [3.05, 3.63) is 35.9 Å². The molecule has 1 aromatic carbocycles. The predicted octanol–water partition coefficient (Wildman–Crippen LogP) is 3.73. The van der Waals surface area contributed by atoms with E-state index in [1.807, 2.05) is 50.9 Å². The van der Waals surface area contributed by atoms with Gasteiger partial charge in [-0.15, -0.1) is 0 Å². The van der Waals surface area contributed by atoms with Gasteiger partial charge in [-0.2, -0.15) is 0 Å². The van der Waals surface area contributed by atoms with Crippen LogP contribution in [0.4, 0.5) is 0 Å². The molecule has 1 aliphatic rings. The van der Waals surface area contributed by atoms with Crippen molar-refractivity contribution >= 4 is 18.8 Å². The first-order valence-corrected chi connectivity index (χ1v) is 10.0. The maximum atomic E-state index is 6.47. The summed E-state index contributed by atoms with van der Waals surface area (Å²) in [5, 5.41) is 0. The maximum absolute atomic E-state index is 6.47. The van der Waals surface area contributed by atoms with E-state index in [1.165, 1.54) is 0 Å². The molecule has 114 valence electrons. The molecule has 1 fully saturated rings. The van der Waals surface area contributed by atoms with Crippen LogP contribution in [0.15, 0.2) is 30.3 Å². The van der Waals surface area contributed by atoms with Gasteiger partial charge in [0, 0.05) is 0 Å². The van der Waals surface area contributed by atoms with Crippen LogP contribution in [0.25, 0.3) is 0 Å². The molecule has 6 heteroatoms. The molecule has 0 radical (unpaired) electrons. The van der Waals surface area contributed by atoms with Crippen LogP contribution in [0, 0.1) is 0 Å². The molecule has 0 saturated carbocycles. The number of benzene rings is 1. The molecule has 0 aliphatic carbocycles. The van der Waals surface area contributed by atoms with E-state index in [4.69, 9.17) is 21.3 Å². The Labute approximate surface area is 127 Å². The van der Waals surface area contributed by atoms with Gasteiger partial charge in [0.05, 0.1) is 0 Å². The molecule has 0 N–H and O–H groups in total. The third-order valence-corrected chi connectivity index (χ3v) is 10.7. The molecule has 1 aromatic rings. The third-order valence-electron chi connectivity index (χ3n) is 4.03. The summed E-state index contributed by atoms with van der Waals surface area (Å²) in [6, 6.07) is 10.5. The van der Waals surface area contributed by atoms with Crippen molar-refractivity contribution in [3.8, 4) is 0 Å². The minimum atomic E-state index is -3.25. The normalized spacial score (nSPS) is 31.1. The summed E-state index contributed by atoms with van der Waals surface area (Å²) in [6.45, 7) is 1.45. The van der Waals surface area contributed by atoms with Crippen LogP contribution < -0.4 is 0 Å². The average Bonchev–Trinajstić information content (AvgIpc) is 2.64. The van der Waals surface area contributed by atoms with Gasteiger partial charge in [0.25, 0.3) is 0 Å². The van der Waals surface area contributed by atoms with Crippen molar-refractivity contribution in [1.82, 2.24) is 9.34 Å². The van der Waals surface area contributed by atoms with Crippen molar-refractivity contribution in [2.24, 2.45) is 0 Å². The summed E-state index contributed by atoms with van der Waals surface area (Å²) in [5.41, 5.74) is 1.16. The van der Waals surface area contributed by atoms with Gasteiger partial charge in [0.1, 0.15) is 0 Å². The molecule has 0 aromatic heterocycles. The Morgan fingerprint density at radius 1 is 1.35 bits per heavy atom. The first-order valence-electron chi connectivity index (χ1n) is 6.91. The third kappa shape index (κ3) is 2.31. The Morgan fingerprint density at radius 2 is 1.95 bits per heavy atom. The quantitative estimate of drug-likeness (QED) is 0.676. The van der Waals surface area contributed by atoms with Crippen molar-refractivity contribution < 1.29 is 9.05 Å². The Morgan fingerprint density at radius 3 is 2.45 bits per heavy atom. The van der Waals surface area contributed by atoms with Crippen molar-refractivity contribution in [1.29, 1.82) is 0 Å². The van der Waals surface area contributed by atoms with E-state index in [0.717, 1.165) is 5.56 Å². The van der Waals surface area contributed by atoms with E-state index in [0.29, 0.717) is 6.61 Å². The molecule has 2 rings (SSSR count). The molecule has 1 heterocycles. The average molecular weight is 316 g/mol. The van der Waals surface area contributed by atoms with E-state index in [2.05, 4.69) is 23.7 Å². The number of nitrogens with zero attached hydrogens (tertiary/aromatic N) is 2. The summed E-state index contributed by atoms with van der Waals surface area (Å²) in [6.07, 6.45) is -0.0367. The van der Waals surface area contributed by atoms with Crippen LogP contribution >= 0.6 is 18.8 Å². The van der Waals surface area contributed by atoms with E-state index in [-0.39, 0.29) is 12.1 Å². The monoisotopic (exact) mass is 316 g/mol. The zero-order valence-corrected chi connectivity index (χ0v) is 14.6. The molecule has 1 saturated heterocycles. The molecule has 0 unspecified atom stereocenters. The van der Waals surface area contributed by atoms with Gasteiger partial charge >= 0.3 is 127 Å². The van der Waals surface area contributed by atoms with Crippen LogP contribution in [0.5, 0.6) is 0 Å². The fraction of sp³-hybridized carbons (Fsp3) is 0.571. The van der Waals surface area contributed by atoms with E-state index in [1.54, 1.807) is 0 Å². The SMILES string of the molecule is CCOP1(S)(N(C)C)O[C@@H](c2ccccc2)[C@H](C)N1C. The summed E-state index contributed by atoms with van der Waals surface area (Å²) in [7, 11) is 5.97. The number of thiol groups is 1. The van der Waals surface area contributed by atoms with E-state index < -0.39 is 6.56 Å². The fourth-order valence-electron chi connectivity index (χ4n) is 2.69. The van der Waals surface area contributed by atoms with Crippen molar-refractivity contribution in [2.75, 3.05) is 27.7 Å². The van der Waals surface area contributed by atoms with Crippen LogP contribution in [-0.2, 0) is 9.05 Å². The first-order chi connectivity index (χ1) is 9.34. The number of rotatable bonds is 4. The van der Waals surface area contributed by atoms with Gasteiger partial charge in [-0.05, 0) is 0 Å². The van der Waals surface area contributed by atoms with Crippen molar-refractivity contribution in [3.63, 3.8) is 0 Å². The molecule has 20 heavy (non-hydrogen) atoms. The van der Waals surface area contributed by atoms with Crippen LogP contribution in [0.2, 0.25) is 0 Å². The molecule has 1 aliphatic heterocycles. The van der Waals surface area contributed by atoms with E-state index >= 15 is 0 Å². The van der Waals surface area contributed by atoms with Gasteiger partial charge in [0.15, 0.2) is 0 Å². The van der Waals surface area contributed by atoms with Crippen LogP contribution in [-0.4, -0.2) is 43.1 Å². The van der Waals surface area contributed by atoms with E-state index in [9.17, 15) is 0 Å². The fourth-order valence-corrected chi connectivity index (χ4v) is 7.10. The molecule has 0 amide bonds. The summed E-state index contributed by atoms with van der Waals surface area (Å²) in [5.74, 6) is 0. The van der Waals surface area contributed by atoms with Gasteiger partial charge in [-0.3, -0.25) is 0 Å². The number of likely N-dealkylation sites (N-methyl/N-ethyl adjacent to an activating group) is 1. The second kappa shape index (κ2) is 5.56. The summed E-state index contributed by atoms with van der Waals surface area (Å²) < 4.78 is 16.7. The molecular weight excluding hydrogens is 291 g/mol. The zero-order valence-electron chi connectivity index (χ0n) is 12.9. The second-order valence-corrected chi connectivity index (χ2v) is 11.0. The minimum absolute atomic E-state index is 0.0367. The molecule has 4 nitrogen and oxygen atoms in total. The summed E-state index contributed by atoms with van der Waals surface area (Å²) in [4.78, 5) is 0. The molecular formula is C14H25N2O2PS.